The van der Waals surface area contributed by atoms with Gasteiger partial charge in [0, 0.05) is 12.6 Å². The van der Waals surface area contributed by atoms with Gasteiger partial charge in [0.2, 0.25) is 11.8 Å². The Hall–Kier alpha value is -1.63. The number of rotatable bonds is 7. The zero-order valence-electron chi connectivity index (χ0n) is 10.4. The molecule has 0 saturated heterocycles. The van der Waals surface area contributed by atoms with Crippen LogP contribution in [0.1, 0.15) is 26.7 Å². The number of nitrogens with one attached hydrogen (secondary N) is 3. The zero-order valence-corrected chi connectivity index (χ0v) is 10.4. The highest BCUT2D eigenvalue weighted by molar-refractivity contribution is 5.79. The second-order valence-corrected chi connectivity index (χ2v) is 3.84. The van der Waals surface area contributed by atoms with E-state index in [1.54, 1.807) is 0 Å². The number of anilines is 1. The summed E-state index contributed by atoms with van der Waals surface area (Å²) in [6.45, 7) is 7.18. The lowest BCUT2D eigenvalue weighted by Crippen LogP contribution is -2.29. The molecule has 0 aliphatic heterocycles. The SMILES string of the molecule is CCNC(=O)CNc1nnc(CNC(C)C)o1. The van der Waals surface area contributed by atoms with Crippen molar-refractivity contribution in [1.29, 1.82) is 0 Å². The van der Waals surface area contributed by atoms with Gasteiger partial charge in [-0.15, -0.1) is 5.10 Å². The molecule has 3 N–H and O–H groups in total. The maximum atomic E-state index is 11.2. The third-order valence-corrected chi connectivity index (χ3v) is 1.90. The largest absolute Gasteiger partial charge is 0.407 e. The number of carbonyl (C=O) groups is 1. The van der Waals surface area contributed by atoms with Crippen molar-refractivity contribution >= 4 is 11.9 Å². The summed E-state index contributed by atoms with van der Waals surface area (Å²) in [4.78, 5) is 11.2. The van der Waals surface area contributed by atoms with Gasteiger partial charge in [-0.05, 0) is 6.92 Å². The Bertz CT molecular complexity index is 350. The lowest BCUT2D eigenvalue weighted by Gasteiger charge is -2.03. The number of carbonyl (C=O) groups excluding carboxylic acids is 1. The topological polar surface area (TPSA) is 92.1 Å². The predicted molar refractivity (Wildman–Crippen MR) is 63.4 cm³/mol. The van der Waals surface area contributed by atoms with Gasteiger partial charge in [-0.3, -0.25) is 4.79 Å². The van der Waals surface area contributed by atoms with E-state index in [1.165, 1.54) is 0 Å². The number of likely N-dealkylation sites (N-methyl/N-ethyl adjacent to an activating group) is 1. The summed E-state index contributed by atoms with van der Waals surface area (Å²) < 4.78 is 5.29. The van der Waals surface area contributed by atoms with Crippen molar-refractivity contribution < 1.29 is 9.21 Å². The average Bonchev–Trinajstić information content (AvgIpc) is 2.72. The van der Waals surface area contributed by atoms with E-state index in [4.69, 9.17) is 4.42 Å². The Labute approximate surface area is 100 Å². The highest BCUT2D eigenvalue weighted by Gasteiger charge is 2.07. The molecule has 1 aromatic heterocycles. The molecule has 7 heteroatoms. The Kier molecular flexibility index (Phi) is 5.41. The Morgan fingerprint density at radius 3 is 2.82 bits per heavy atom. The van der Waals surface area contributed by atoms with E-state index in [0.29, 0.717) is 25.0 Å². The maximum absolute atomic E-state index is 11.2. The van der Waals surface area contributed by atoms with Crippen molar-refractivity contribution in [3.05, 3.63) is 5.89 Å². The van der Waals surface area contributed by atoms with Crippen LogP contribution in [0.3, 0.4) is 0 Å². The number of hydrogen-bond donors (Lipinski definition) is 3. The summed E-state index contributed by atoms with van der Waals surface area (Å²) in [5.74, 6) is 0.393. The molecule has 1 aromatic rings. The van der Waals surface area contributed by atoms with Gasteiger partial charge in [-0.25, -0.2) is 0 Å². The highest BCUT2D eigenvalue weighted by atomic mass is 16.4. The van der Waals surface area contributed by atoms with Crippen LogP contribution >= 0.6 is 0 Å². The standard InChI is InChI=1S/C10H19N5O2/c1-4-11-8(16)5-13-10-15-14-9(17-10)6-12-7(2)3/h7,12H,4-6H2,1-3H3,(H,11,16)(H,13,15). The second kappa shape index (κ2) is 6.85. The monoisotopic (exact) mass is 241 g/mol. The minimum Gasteiger partial charge on any atom is -0.407 e. The fourth-order valence-corrected chi connectivity index (χ4v) is 1.10. The second-order valence-electron chi connectivity index (χ2n) is 3.84. The average molecular weight is 241 g/mol. The van der Waals surface area contributed by atoms with Crippen LogP contribution in [0.25, 0.3) is 0 Å². The fourth-order valence-electron chi connectivity index (χ4n) is 1.10. The van der Waals surface area contributed by atoms with E-state index >= 15 is 0 Å². The first-order chi connectivity index (χ1) is 8.11. The molecule has 0 saturated carbocycles. The third kappa shape index (κ3) is 5.30. The molecule has 0 unspecified atom stereocenters. The van der Waals surface area contributed by atoms with Crippen LogP contribution in [-0.4, -0.2) is 35.2 Å². The summed E-state index contributed by atoms with van der Waals surface area (Å²) >= 11 is 0. The van der Waals surface area contributed by atoms with Crippen LogP contribution in [0.5, 0.6) is 0 Å². The first-order valence-electron chi connectivity index (χ1n) is 5.68. The van der Waals surface area contributed by atoms with Crippen LogP contribution in [0, 0.1) is 0 Å². The van der Waals surface area contributed by atoms with Gasteiger partial charge in [0.05, 0.1) is 13.1 Å². The first-order valence-corrected chi connectivity index (χ1v) is 5.68. The molecule has 1 heterocycles. The number of nitrogens with zero attached hydrogens (tertiary/aromatic N) is 2. The minimum absolute atomic E-state index is 0.104. The van der Waals surface area contributed by atoms with Gasteiger partial charge in [-0.2, -0.15) is 0 Å². The molecule has 0 atom stereocenters. The molecule has 1 rings (SSSR count). The maximum Gasteiger partial charge on any atom is 0.315 e. The first kappa shape index (κ1) is 13.4. The third-order valence-electron chi connectivity index (χ3n) is 1.90. The van der Waals surface area contributed by atoms with Crippen LogP contribution < -0.4 is 16.0 Å². The molecule has 7 nitrogen and oxygen atoms in total. The summed E-state index contributed by atoms with van der Waals surface area (Å²) in [6, 6.07) is 0.616. The predicted octanol–water partition coefficient (Wildman–Crippen LogP) is 0.116. The molecular weight excluding hydrogens is 222 g/mol. The molecule has 0 bridgehead atoms. The molecule has 17 heavy (non-hydrogen) atoms. The molecule has 0 radical (unpaired) electrons. The van der Waals surface area contributed by atoms with Gasteiger partial charge in [0.15, 0.2) is 0 Å². The van der Waals surface area contributed by atoms with Crippen molar-refractivity contribution in [2.45, 2.75) is 33.4 Å². The Balaban J connectivity index is 2.32. The molecule has 0 aliphatic rings. The van der Waals surface area contributed by atoms with Crippen LogP contribution in [0.2, 0.25) is 0 Å². The van der Waals surface area contributed by atoms with Crippen LogP contribution in [-0.2, 0) is 11.3 Å². The Morgan fingerprint density at radius 1 is 1.41 bits per heavy atom. The van der Waals surface area contributed by atoms with Gasteiger partial charge in [0.25, 0.3) is 0 Å². The summed E-state index contributed by atoms with van der Waals surface area (Å²) in [5.41, 5.74) is 0. The zero-order chi connectivity index (χ0) is 12.7. The molecule has 0 aliphatic carbocycles. The van der Waals surface area contributed by atoms with Crippen molar-refractivity contribution in [3.8, 4) is 0 Å². The van der Waals surface area contributed by atoms with E-state index in [-0.39, 0.29) is 18.5 Å². The molecule has 0 spiro atoms. The number of amides is 1. The quantitative estimate of drug-likeness (QED) is 0.628. The summed E-state index contributed by atoms with van der Waals surface area (Å²) in [6.07, 6.45) is 0. The van der Waals surface area contributed by atoms with E-state index in [0.717, 1.165) is 0 Å². The van der Waals surface area contributed by atoms with Crippen molar-refractivity contribution in [2.24, 2.45) is 0 Å². The smallest absolute Gasteiger partial charge is 0.315 e. The van der Waals surface area contributed by atoms with E-state index in [2.05, 4.69) is 26.1 Å². The van der Waals surface area contributed by atoms with Crippen molar-refractivity contribution in [3.63, 3.8) is 0 Å². The lowest BCUT2D eigenvalue weighted by atomic mass is 10.4. The fraction of sp³-hybridized carbons (Fsp3) is 0.700. The van der Waals surface area contributed by atoms with Crippen molar-refractivity contribution in [2.75, 3.05) is 18.4 Å². The van der Waals surface area contributed by atoms with Crippen LogP contribution in [0.15, 0.2) is 4.42 Å². The normalized spacial score (nSPS) is 10.6. The molecule has 1 amide bonds. The van der Waals surface area contributed by atoms with E-state index < -0.39 is 0 Å². The molecule has 0 aromatic carbocycles. The highest BCUT2D eigenvalue weighted by Crippen LogP contribution is 2.04. The number of aromatic nitrogens is 2. The Morgan fingerprint density at radius 2 is 2.18 bits per heavy atom. The van der Waals surface area contributed by atoms with E-state index in [1.807, 2.05) is 20.8 Å². The summed E-state index contributed by atoms with van der Waals surface area (Å²) in [7, 11) is 0. The molecular formula is C10H19N5O2. The van der Waals surface area contributed by atoms with Gasteiger partial charge in [-0.1, -0.05) is 18.9 Å². The molecule has 0 fully saturated rings. The molecule has 96 valence electrons. The van der Waals surface area contributed by atoms with Crippen LogP contribution in [0.4, 0.5) is 6.01 Å². The minimum atomic E-state index is -0.104. The van der Waals surface area contributed by atoms with Gasteiger partial charge >= 0.3 is 6.01 Å². The number of hydrogen-bond acceptors (Lipinski definition) is 6. The van der Waals surface area contributed by atoms with Gasteiger partial charge in [0.1, 0.15) is 0 Å². The van der Waals surface area contributed by atoms with Crippen molar-refractivity contribution in [1.82, 2.24) is 20.8 Å². The summed E-state index contributed by atoms with van der Waals surface area (Å²) in [5, 5.41) is 16.2. The lowest BCUT2D eigenvalue weighted by molar-refractivity contribution is -0.119. The van der Waals surface area contributed by atoms with Gasteiger partial charge < -0.3 is 20.4 Å². The van der Waals surface area contributed by atoms with E-state index in [9.17, 15) is 4.79 Å².